The molecule has 0 spiro atoms. The smallest absolute Gasteiger partial charge is 0.137 e. The summed E-state index contributed by atoms with van der Waals surface area (Å²) < 4.78 is 10.9. The molecule has 0 amide bonds. The van der Waals surface area contributed by atoms with Crippen LogP contribution in [0, 0.1) is 5.92 Å². The Balaban J connectivity index is 1.84. The molecular formula is C12H18N2O2. The zero-order valence-electron chi connectivity index (χ0n) is 9.56. The van der Waals surface area contributed by atoms with E-state index in [1.165, 1.54) is 0 Å². The van der Waals surface area contributed by atoms with Gasteiger partial charge in [-0.25, -0.2) is 0 Å². The molecule has 1 saturated heterocycles. The van der Waals surface area contributed by atoms with Gasteiger partial charge >= 0.3 is 0 Å². The van der Waals surface area contributed by atoms with E-state index in [2.05, 4.69) is 4.98 Å². The highest BCUT2D eigenvalue weighted by Crippen LogP contribution is 2.16. The van der Waals surface area contributed by atoms with E-state index in [0.29, 0.717) is 12.5 Å². The van der Waals surface area contributed by atoms with Gasteiger partial charge in [0.2, 0.25) is 0 Å². The molecule has 1 aliphatic heterocycles. The number of pyridine rings is 1. The molecule has 2 heterocycles. The minimum atomic E-state index is -0.0303. The van der Waals surface area contributed by atoms with Crippen LogP contribution in [0.3, 0.4) is 0 Å². The number of ether oxygens (including phenoxy) is 2. The highest BCUT2D eigenvalue weighted by molar-refractivity contribution is 5.21. The van der Waals surface area contributed by atoms with Crippen molar-refractivity contribution < 1.29 is 9.47 Å². The van der Waals surface area contributed by atoms with Crippen molar-refractivity contribution >= 4 is 0 Å². The zero-order chi connectivity index (χ0) is 11.4. The van der Waals surface area contributed by atoms with Crippen molar-refractivity contribution in [2.75, 3.05) is 19.8 Å². The van der Waals surface area contributed by atoms with Crippen LogP contribution < -0.4 is 10.5 Å². The molecule has 1 fully saturated rings. The lowest BCUT2D eigenvalue weighted by Crippen LogP contribution is -2.12. The summed E-state index contributed by atoms with van der Waals surface area (Å²) in [5.74, 6) is 1.32. The van der Waals surface area contributed by atoms with Gasteiger partial charge in [-0.3, -0.25) is 4.98 Å². The standard InChI is InChI=1S/C12H18N2O2/c1-9(13)12-3-2-11(6-14-12)16-8-10-4-5-15-7-10/h2-3,6,9-10H,4-5,7-8,13H2,1H3/t9-,10?/m0/s1. The van der Waals surface area contributed by atoms with Gasteiger partial charge in [-0.05, 0) is 25.5 Å². The van der Waals surface area contributed by atoms with Crippen molar-refractivity contribution in [1.29, 1.82) is 0 Å². The molecule has 4 heteroatoms. The molecular weight excluding hydrogens is 204 g/mol. The van der Waals surface area contributed by atoms with Gasteiger partial charge < -0.3 is 15.2 Å². The van der Waals surface area contributed by atoms with Crippen LogP contribution in [0.5, 0.6) is 5.75 Å². The predicted molar refractivity (Wildman–Crippen MR) is 61.3 cm³/mol. The number of rotatable bonds is 4. The van der Waals surface area contributed by atoms with Crippen molar-refractivity contribution in [1.82, 2.24) is 4.98 Å². The minimum Gasteiger partial charge on any atom is -0.492 e. The average Bonchev–Trinajstić information content (AvgIpc) is 2.80. The fourth-order valence-corrected chi connectivity index (χ4v) is 1.68. The fraction of sp³-hybridized carbons (Fsp3) is 0.583. The van der Waals surface area contributed by atoms with Gasteiger partial charge in [0.05, 0.1) is 25.1 Å². The molecule has 16 heavy (non-hydrogen) atoms. The first kappa shape index (κ1) is 11.4. The summed E-state index contributed by atoms with van der Waals surface area (Å²) in [7, 11) is 0. The van der Waals surface area contributed by atoms with E-state index < -0.39 is 0 Å². The van der Waals surface area contributed by atoms with Crippen molar-refractivity contribution in [2.45, 2.75) is 19.4 Å². The first-order chi connectivity index (χ1) is 7.75. The van der Waals surface area contributed by atoms with Crippen LogP contribution in [-0.2, 0) is 4.74 Å². The van der Waals surface area contributed by atoms with Gasteiger partial charge in [0.25, 0.3) is 0 Å². The van der Waals surface area contributed by atoms with Gasteiger partial charge in [-0.1, -0.05) is 0 Å². The van der Waals surface area contributed by atoms with E-state index in [0.717, 1.165) is 31.1 Å². The summed E-state index contributed by atoms with van der Waals surface area (Å²) in [6.07, 6.45) is 2.82. The number of nitrogens with zero attached hydrogens (tertiary/aromatic N) is 1. The first-order valence-corrected chi connectivity index (χ1v) is 5.68. The molecule has 0 radical (unpaired) electrons. The van der Waals surface area contributed by atoms with E-state index in [-0.39, 0.29) is 6.04 Å². The third kappa shape index (κ3) is 2.93. The van der Waals surface area contributed by atoms with Crippen LogP contribution >= 0.6 is 0 Å². The quantitative estimate of drug-likeness (QED) is 0.839. The SMILES string of the molecule is C[C@H](N)c1ccc(OCC2CCOC2)cn1. The molecule has 2 N–H and O–H groups in total. The lowest BCUT2D eigenvalue weighted by molar-refractivity contribution is 0.167. The summed E-state index contributed by atoms with van der Waals surface area (Å²) in [5, 5.41) is 0. The molecule has 1 aromatic rings. The summed E-state index contributed by atoms with van der Waals surface area (Å²) >= 11 is 0. The summed E-state index contributed by atoms with van der Waals surface area (Å²) in [6, 6.07) is 3.80. The molecule has 1 aliphatic rings. The number of hydrogen-bond donors (Lipinski definition) is 1. The monoisotopic (exact) mass is 222 g/mol. The van der Waals surface area contributed by atoms with Gasteiger partial charge in [0.15, 0.2) is 0 Å². The Kier molecular flexibility index (Phi) is 3.74. The van der Waals surface area contributed by atoms with E-state index in [9.17, 15) is 0 Å². The maximum atomic E-state index is 5.72. The molecule has 88 valence electrons. The molecule has 1 unspecified atom stereocenters. The Morgan fingerprint density at radius 2 is 2.50 bits per heavy atom. The first-order valence-electron chi connectivity index (χ1n) is 5.68. The third-order valence-electron chi connectivity index (χ3n) is 2.74. The van der Waals surface area contributed by atoms with Crippen molar-refractivity contribution in [3.8, 4) is 5.75 Å². The second kappa shape index (κ2) is 5.27. The molecule has 4 nitrogen and oxygen atoms in total. The van der Waals surface area contributed by atoms with Crippen molar-refractivity contribution in [2.24, 2.45) is 11.7 Å². The molecule has 0 saturated carbocycles. The zero-order valence-corrected chi connectivity index (χ0v) is 9.56. The minimum absolute atomic E-state index is 0.0303. The average molecular weight is 222 g/mol. The molecule has 2 atom stereocenters. The summed E-state index contributed by atoms with van der Waals surface area (Å²) in [5.41, 5.74) is 6.60. The topological polar surface area (TPSA) is 57.4 Å². The van der Waals surface area contributed by atoms with Gasteiger partial charge in [-0.15, -0.1) is 0 Å². The highest BCUT2D eigenvalue weighted by atomic mass is 16.5. The number of hydrogen-bond acceptors (Lipinski definition) is 4. The van der Waals surface area contributed by atoms with E-state index >= 15 is 0 Å². The van der Waals surface area contributed by atoms with Crippen LogP contribution in [0.1, 0.15) is 25.1 Å². The lowest BCUT2D eigenvalue weighted by atomic mass is 10.1. The van der Waals surface area contributed by atoms with Crippen LogP contribution in [0.25, 0.3) is 0 Å². The molecule has 0 aliphatic carbocycles. The Morgan fingerprint density at radius 3 is 3.06 bits per heavy atom. The highest BCUT2D eigenvalue weighted by Gasteiger charge is 2.16. The van der Waals surface area contributed by atoms with E-state index in [1.54, 1.807) is 6.20 Å². The Labute approximate surface area is 95.8 Å². The Bertz CT molecular complexity index is 318. The molecule has 2 rings (SSSR count). The number of nitrogens with two attached hydrogens (primary N) is 1. The Morgan fingerprint density at radius 1 is 1.62 bits per heavy atom. The van der Waals surface area contributed by atoms with Crippen molar-refractivity contribution in [3.63, 3.8) is 0 Å². The van der Waals surface area contributed by atoms with Gasteiger partial charge in [0.1, 0.15) is 5.75 Å². The largest absolute Gasteiger partial charge is 0.492 e. The van der Waals surface area contributed by atoms with Crippen LogP contribution in [0.15, 0.2) is 18.3 Å². The second-order valence-corrected chi connectivity index (χ2v) is 4.25. The molecule has 0 bridgehead atoms. The lowest BCUT2D eigenvalue weighted by Gasteiger charge is -2.11. The second-order valence-electron chi connectivity index (χ2n) is 4.25. The fourth-order valence-electron chi connectivity index (χ4n) is 1.68. The van der Waals surface area contributed by atoms with Crippen LogP contribution in [-0.4, -0.2) is 24.8 Å². The third-order valence-corrected chi connectivity index (χ3v) is 2.74. The van der Waals surface area contributed by atoms with Crippen LogP contribution in [0.4, 0.5) is 0 Å². The van der Waals surface area contributed by atoms with Gasteiger partial charge in [0, 0.05) is 18.6 Å². The molecule has 0 aromatic carbocycles. The number of aromatic nitrogens is 1. The summed E-state index contributed by atoms with van der Waals surface area (Å²) in [4.78, 5) is 4.24. The molecule has 1 aromatic heterocycles. The van der Waals surface area contributed by atoms with E-state index in [1.807, 2.05) is 19.1 Å². The van der Waals surface area contributed by atoms with Crippen molar-refractivity contribution in [3.05, 3.63) is 24.0 Å². The Hall–Kier alpha value is -1.13. The maximum Gasteiger partial charge on any atom is 0.137 e. The normalized spacial score (nSPS) is 22.0. The maximum absolute atomic E-state index is 5.72. The summed E-state index contributed by atoms with van der Waals surface area (Å²) in [6.45, 7) is 4.29. The van der Waals surface area contributed by atoms with Gasteiger partial charge in [-0.2, -0.15) is 0 Å². The predicted octanol–water partition coefficient (Wildman–Crippen LogP) is 1.52. The van der Waals surface area contributed by atoms with E-state index in [4.69, 9.17) is 15.2 Å². The van der Waals surface area contributed by atoms with Crippen LogP contribution in [0.2, 0.25) is 0 Å².